The molecule has 1 N–H and O–H groups in total. The minimum absolute atomic E-state index is 0.523. The Bertz CT molecular complexity index is 516. The summed E-state index contributed by atoms with van der Waals surface area (Å²) in [7, 11) is 0. The third-order valence-corrected chi connectivity index (χ3v) is 3.84. The summed E-state index contributed by atoms with van der Waals surface area (Å²) >= 11 is 7.70. The Morgan fingerprint density at radius 1 is 1.32 bits per heavy atom. The van der Waals surface area contributed by atoms with Crippen LogP contribution in [0.25, 0.3) is 0 Å². The van der Waals surface area contributed by atoms with Crippen LogP contribution in [0.5, 0.6) is 0 Å². The number of hydrogen-bond acceptors (Lipinski definition) is 4. The Morgan fingerprint density at radius 3 is 2.95 bits per heavy atom. The van der Waals surface area contributed by atoms with Crippen molar-refractivity contribution in [3.8, 4) is 0 Å². The molecule has 0 bridgehead atoms. The Balaban J connectivity index is 1.79. The lowest BCUT2D eigenvalue weighted by atomic mass is 10.2. The second kappa shape index (κ2) is 7.48. The van der Waals surface area contributed by atoms with Crippen LogP contribution in [-0.2, 0) is 18.0 Å². The zero-order valence-corrected chi connectivity index (χ0v) is 12.4. The maximum absolute atomic E-state index is 6.07. The molecule has 0 aliphatic carbocycles. The normalized spacial score (nSPS) is 10.6. The topological polar surface area (TPSA) is 34.2 Å². The molecule has 5 heteroatoms. The third kappa shape index (κ3) is 4.49. The predicted octanol–water partition coefficient (Wildman–Crippen LogP) is 4.34. The first-order valence-electron chi connectivity index (χ1n) is 6.29. The zero-order valence-electron chi connectivity index (χ0n) is 10.9. The number of thiazole rings is 1. The highest BCUT2D eigenvalue weighted by Crippen LogP contribution is 2.20. The third-order valence-electron chi connectivity index (χ3n) is 2.54. The summed E-state index contributed by atoms with van der Waals surface area (Å²) in [6.45, 7) is 4.17. The van der Waals surface area contributed by atoms with Crippen LogP contribution < -0.4 is 5.32 Å². The zero-order chi connectivity index (χ0) is 13.5. The first kappa shape index (κ1) is 14.3. The number of hydrogen-bond donors (Lipinski definition) is 1. The minimum Gasteiger partial charge on any atom is -0.371 e. The average molecular weight is 297 g/mol. The van der Waals surface area contributed by atoms with Crippen molar-refractivity contribution in [1.82, 2.24) is 4.98 Å². The van der Waals surface area contributed by atoms with E-state index in [0.717, 1.165) is 33.6 Å². The number of halogens is 1. The van der Waals surface area contributed by atoms with E-state index in [1.165, 1.54) is 0 Å². The average Bonchev–Trinajstić information content (AvgIpc) is 2.86. The maximum Gasteiger partial charge on any atom is 0.182 e. The largest absolute Gasteiger partial charge is 0.371 e. The van der Waals surface area contributed by atoms with Gasteiger partial charge in [-0.15, -0.1) is 0 Å². The van der Waals surface area contributed by atoms with E-state index in [1.807, 2.05) is 30.5 Å². The second-order valence-corrected chi connectivity index (χ2v) is 5.67. The van der Waals surface area contributed by atoms with Crippen molar-refractivity contribution in [2.24, 2.45) is 0 Å². The van der Waals surface area contributed by atoms with Crippen molar-refractivity contribution in [2.75, 3.05) is 11.9 Å². The van der Waals surface area contributed by atoms with Gasteiger partial charge in [0.2, 0.25) is 0 Å². The molecule has 0 aliphatic rings. The molecule has 19 heavy (non-hydrogen) atoms. The van der Waals surface area contributed by atoms with Gasteiger partial charge in [-0.1, -0.05) is 48.1 Å². The molecule has 0 radical (unpaired) electrons. The van der Waals surface area contributed by atoms with Gasteiger partial charge in [0.25, 0.3) is 0 Å². The monoisotopic (exact) mass is 296 g/mol. The van der Waals surface area contributed by atoms with Gasteiger partial charge in [0.1, 0.15) is 0 Å². The maximum atomic E-state index is 6.07. The second-order valence-electron chi connectivity index (χ2n) is 4.14. The van der Waals surface area contributed by atoms with E-state index in [1.54, 1.807) is 11.3 Å². The number of aromatic nitrogens is 1. The number of benzene rings is 1. The van der Waals surface area contributed by atoms with E-state index in [-0.39, 0.29) is 0 Å². The fourth-order valence-electron chi connectivity index (χ4n) is 1.56. The minimum atomic E-state index is 0.523. The summed E-state index contributed by atoms with van der Waals surface area (Å²) in [4.78, 5) is 5.41. The van der Waals surface area contributed by atoms with Gasteiger partial charge in [-0.3, -0.25) is 0 Å². The van der Waals surface area contributed by atoms with E-state index >= 15 is 0 Å². The number of nitrogens with one attached hydrogen (secondary N) is 1. The van der Waals surface area contributed by atoms with Gasteiger partial charge in [-0.2, -0.15) is 0 Å². The molecule has 0 amide bonds. The lowest BCUT2D eigenvalue weighted by Crippen LogP contribution is -1.97. The summed E-state index contributed by atoms with van der Waals surface area (Å²) in [5, 5.41) is 4.97. The molecular weight excluding hydrogens is 280 g/mol. The van der Waals surface area contributed by atoms with Crippen LogP contribution in [-0.4, -0.2) is 11.5 Å². The van der Waals surface area contributed by atoms with Crippen molar-refractivity contribution >= 4 is 28.1 Å². The lowest BCUT2D eigenvalue weighted by Gasteiger charge is -2.04. The van der Waals surface area contributed by atoms with Crippen molar-refractivity contribution in [3.63, 3.8) is 0 Å². The number of nitrogens with zero attached hydrogens (tertiary/aromatic N) is 1. The van der Waals surface area contributed by atoms with E-state index in [4.69, 9.17) is 16.3 Å². The standard InChI is InChI=1S/C14H17ClN2OS/c1-2-7-16-14-17-8-12(19-14)10-18-9-11-5-3-4-6-13(11)15/h3-6,8H,2,7,9-10H2,1H3,(H,16,17). The molecular formula is C14H17ClN2OS. The van der Waals surface area contributed by atoms with E-state index in [9.17, 15) is 0 Å². The SMILES string of the molecule is CCCNc1ncc(COCc2ccccc2Cl)s1. The fraction of sp³-hybridized carbons (Fsp3) is 0.357. The van der Waals surface area contributed by atoms with Gasteiger partial charge < -0.3 is 10.1 Å². The molecule has 0 saturated carbocycles. The van der Waals surface area contributed by atoms with Crippen LogP contribution in [0.1, 0.15) is 23.8 Å². The molecule has 3 nitrogen and oxygen atoms in total. The molecule has 0 atom stereocenters. The van der Waals surface area contributed by atoms with Gasteiger partial charge in [-0.25, -0.2) is 4.98 Å². The van der Waals surface area contributed by atoms with Crippen molar-refractivity contribution in [2.45, 2.75) is 26.6 Å². The molecule has 2 aromatic rings. The van der Waals surface area contributed by atoms with Gasteiger partial charge in [0, 0.05) is 17.8 Å². The number of anilines is 1. The van der Waals surface area contributed by atoms with Gasteiger partial charge in [-0.05, 0) is 18.1 Å². The molecule has 0 unspecified atom stereocenters. The Morgan fingerprint density at radius 2 is 2.16 bits per heavy atom. The van der Waals surface area contributed by atoms with Crippen LogP contribution in [0.4, 0.5) is 5.13 Å². The molecule has 1 aromatic heterocycles. The summed E-state index contributed by atoms with van der Waals surface area (Å²) in [6, 6.07) is 7.73. The summed E-state index contributed by atoms with van der Waals surface area (Å²) in [5.41, 5.74) is 1.01. The van der Waals surface area contributed by atoms with Gasteiger partial charge in [0.15, 0.2) is 5.13 Å². The lowest BCUT2D eigenvalue weighted by molar-refractivity contribution is 0.109. The molecule has 0 saturated heterocycles. The quantitative estimate of drug-likeness (QED) is 0.825. The molecule has 102 valence electrons. The first-order chi connectivity index (χ1) is 9.29. The highest BCUT2D eigenvalue weighted by Gasteiger charge is 2.03. The van der Waals surface area contributed by atoms with Crippen LogP contribution in [0.2, 0.25) is 5.02 Å². The summed E-state index contributed by atoms with van der Waals surface area (Å²) in [5.74, 6) is 0. The van der Waals surface area contributed by atoms with E-state index in [0.29, 0.717) is 13.2 Å². The van der Waals surface area contributed by atoms with Crippen LogP contribution in [0.15, 0.2) is 30.5 Å². The van der Waals surface area contributed by atoms with Crippen LogP contribution in [0, 0.1) is 0 Å². The van der Waals surface area contributed by atoms with Crippen molar-refractivity contribution in [3.05, 3.63) is 45.9 Å². The van der Waals surface area contributed by atoms with E-state index in [2.05, 4.69) is 17.2 Å². The molecule has 2 rings (SSSR count). The molecule has 0 aliphatic heterocycles. The Hall–Kier alpha value is -1.10. The smallest absolute Gasteiger partial charge is 0.182 e. The van der Waals surface area contributed by atoms with E-state index < -0.39 is 0 Å². The molecule has 1 heterocycles. The number of rotatable bonds is 7. The first-order valence-corrected chi connectivity index (χ1v) is 7.48. The molecule has 1 aromatic carbocycles. The Labute approximate surface area is 122 Å². The van der Waals surface area contributed by atoms with Crippen LogP contribution in [0.3, 0.4) is 0 Å². The summed E-state index contributed by atoms with van der Waals surface area (Å²) < 4.78 is 5.66. The molecule has 0 fully saturated rings. The van der Waals surface area contributed by atoms with Gasteiger partial charge >= 0.3 is 0 Å². The van der Waals surface area contributed by atoms with Crippen molar-refractivity contribution < 1.29 is 4.74 Å². The van der Waals surface area contributed by atoms with Gasteiger partial charge in [0.05, 0.1) is 18.1 Å². The molecule has 0 spiro atoms. The number of ether oxygens (including phenoxy) is 1. The highest BCUT2D eigenvalue weighted by molar-refractivity contribution is 7.15. The van der Waals surface area contributed by atoms with Crippen LogP contribution >= 0.6 is 22.9 Å². The Kier molecular flexibility index (Phi) is 5.63. The summed E-state index contributed by atoms with van der Waals surface area (Å²) in [6.07, 6.45) is 2.95. The highest BCUT2D eigenvalue weighted by atomic mass is 35.5. The fourth-order valence-corrected chi connectivity index (χ4v) is 2.53. The predicted molar refractivity (Wildman–Crippen MR) is 80.8 cm³/mol. The van der Waals surface area contributed by atoms with Crippen molar-refractivity contribution in [1.29, 1.82) is 0 Å².